The van der Waals surface area contributed by atoms with Crippen LogP contribution in [0.25, 0.3) is 0 Å². The van der Waals surface area contributed by atoms with Crippen molar-refractivity contribution in [2.45, 2.75) is 283 Å². The van der Waals surface area contributed by atoms with Crippen LogP contribution in [0, 0.1) is 0 Å². The average Bonchev–Trinajstić information content (AvgIpc) is 3.36. The van der Waals surface area contributed by atoms with E-state index in [4.69, 9.17) is 18.9 Å². The first-order chi connectivity index (χ1) is 35.6. The first kappa shape index (κ1) is 70.0. The standard InChI is InChI=1S/C64H115NO8/c1-6-8-10-12-14-16-18-20-22-24-26-28-30-31-33-35-37-39-41-43-45-47-49-51-53-55-62(67)73-60(59-72-64(63(68)69)70-57-56-65(3,4)5)58-71-61(66)54-52-50-48-46-44-42-40-38-36-34-32-29-27-25-23-21-19-17-15-13-11-9-7-2/h18-21,24-27,30-31,60,64H,6-17,22-23,28-29,32-59H2,1-5H3/p+1/b20-18-,21-19-,26-24-,27-25-,31-30-. The number of hydrogen-bond donors (Lipinski definition) is 1. The van der Waals surface area contributed by atoms with E-state index in [1.165, 1.54) is 180 Å². The second-order valence-electron chi connectivity index (χ2n) is 21.7. The Bertz CT molecular complexity index is 1380. The third-order valence-electron chi connectivity index (χ3n) is 13.2. The number of carbonyl (C=O) groups is 3. The van der Waals surface area contributed by atoms with Gasteiger partial charge in [0.25, 0.3) is 6.29 Å². The molecule has 0 radical (unpaired) electrons. The molecule has 0 aliphatic heterocycles. The summed E-state index contributed by atoms with van der Waals surface area (Å²) in [4.78, 5) is 37.5. The normalized spacial score (nSPS) is 13.2. The van der Waals surface area contributed by atoms with Gasteiger partial charge in [0.2, 0.25) is 0 Å². The molecule has 0 aliphatic rings. The number of carboxylic acid groups (broad SMARTS) is 1. The quantitative estimate of drug-likeness (QED) is 0.0211. The molecule has 9 heteroatoms. The van der Waals surface area contributed by atoms with Crippen LogP contribution in [0.2, 0.25) is 0 Å². The second-order valence-corrected chi connectivity index (χ2v) is 21.7. The zero-order chi connectivity index (χ0) is 53.4. The molecule has 0 heterocycles. The molecule has 0 aromatic carbocycles. The maximum absolute atomic E-state index is 12.9. The van der Waals surface area contributed by atoms with Crippen molar-refractivity contribution in [2.24, 2.45) is 0 Å². The van der Waals surface area contributed by atoms with Gasteiger partial charge in [-0.15, -0.1) is 0 Å². The summed E-state index contributed by atoms with van der Waals surface area (Å²) in [5.41, 5.74) is 0. The maximum atomic E-state index is 12.9. The second kappa shape index (κ2) is 55.2. The van der Waals surface area contributed by atoms with E-state index in [1.54, 1.807) is 0 Å². The fourth-order valence-electron chi connectivity index (χ4n) is 8.52. The number of hydrogen-bond acceptors (Lipinski definition) is 7. The predicted octanol–water partition coefficient (Wildman–Crippen LogP) is 18.0. The molecule has 0 aromatic rings. The van der Waals surface area contributed by atoms with Crippen LogP contribution in [-0.2, 0) is 33.3 Å². The minimum Gasteiger partial charge on any atom is -0.477 e. The Balaban J connectivity index is 4.24. The van der Waals surface area contributed by atoms with Crippen molar-refractivity contribution in [3.63, 3.8) is 0 Å². The number of carboxylic acids is 1. The molecule has 0 fully saturated rings. The third kappa shape index (κ3) is 56.6. The van der Waals surface area contributed by atoms with Gasteiger partial charge in [0, 0.05) is 12.8 Å². The maximum Gasteiger partial charge on any atom is 0.361 e. The highest BCUT2D eigenvalue weighted by atomic mass is 16.7. The van der Waals surface area contributed by atoms with Crippen molar-refractivity contribution in [1.29, 1.82) is 0 Å². The van der Waals surface area contributed by atoms with E-state index < -0.39 is 24.3 Å². The van der Waals surface area contributed by atoms with Crippen molar-refractivity contribution < 1.29 is 42.9 Å². The zero-order valence-corrected chi connectivity index (χ0v) is 48.3. The number of quaternary nitrogens is 1. The minimum atomic E-state index is -1.51. The van der Waals surface area contributed by atoms with Crippen molar-refractivity contribution in [3.05, 3.63) is 60.8 Å². The molecular formula is C64H116NO8+. The van der Waals surface area contributed by atoms with Gasteiger partial charge in [-0.05, 0) is 83.5 Å². The third-order valence-corrected chi connectivity index (χ3v) is 13.2. The van der Waals surface area contributed by atoms with Crippen molar-refractivity contribution in [3.8, 4) is 0 Å². The van der Waals surface area contributed by atoms with Crippen LogP contribution in [0.1, 0.15) is 271 Å². The van der Waals surface area contributed by atoms with E-state index in [1.807, 2.05) is 21.1 Å². The van der Waals surface area contributed by atoms with Crippen LogP contribution in [0.4, 0.5) is 0 Å². The molecule has 2 atom stereocenters. The predicted molar refractivity (Wildman–Crippen MR) is 309 cm³/mol. The summed E-state index contributed by atoms with van der Waals surface area (Å²) in [6.45, 7) is 4.87. The number of likely N-dealkylation sites (N-methyl/N-ethyl adjacent to an activating group) is 1. The number of aliphatic carboxylic acids is 1. The molecule has 0 saturated carbocycles. The van der Waals surface area contributed by atoms with Crippen molar-refractivity contribution in [2.75, 3.05) is 47.5 Å². The fourth-order valence-corrected chi connectivity index (χ4v) is 8.52. The largest absolute Gasteiger partial charge is 0.477 e. The Morgan fingerprint density at radius 3 is 1.10 bits per heavy atom. The van der Waals surface area contributed by atoms with Crippen LogP contribution in [0.15, 0.2) is 60.8 Å². The van der Waals surface area contributed by atoms with Gasteiger partial charge in [-0.25, -0.2) is 4.79 Å². The molecule has 0 saturated heterocycles. The van der Waals surface area contributed by atoms with Gasteiger partial charge in [-0.2, -0.15) is 0 Å². The lowest BCUT2D eigenvalue weighted by molar-refractivity contribution is -0.870. The lowest BCUT2D eigenvalue weighted by Crippen LogP contribution is -2.40. The van der Waals surface area contributed by atoms with Gasteiger partial charge in [-0.3, -0.25) is 9.59 Å². The highest BCUT2D eigenvalue weighted by Crippen LogP contribution is 2.16. The van der Waals surface area contributed by atoms with Crippen LogP contribution < -0.4 is 0 Å². The summed E-state index contributed by atoms with van der Waals surface area (Å²) in [5.74, 6) is -2.01. The molecule has 0 amide bonds. The van der Waals surface area contributed by atoms with E-state index >= 15 is 0 Å². The minimum absolute atomic E-state index is 0.185. The molecule has 2 unspecified atom stereocenters. The molecule has 1 N–H and O–H groups in total. The number of esters is 2. The Kier molecular flexibility index (Phi) is 53.0. The van der Waals surface area contributed by atoms with E-state index in [0.717, 1.165) is 57.8 Å². The first-order valence-electron chi connectivity index (χ1n) is 30.5. The molecule has 0 spiro atoms. The lowest BCUT2D eigenvalue weighted by atomic mass is 10.0. The Labute approximate surface area is 450 Å². The number of ether oxygens (including phenoxy) is 4. The Morgan fingerprint density at radius 2 is 0.740 bits per heavy atom. The van der Waals surface area contributed by atoms with Gasteiger partial charge in [0.15, 0.2) is 6.10 Å². The van der Waals surface area contributed by atoms with Gasteiger partial charge in [-0.1, -0.05) is 235 Å². The molecule has 9 nitrogen and oxygen atoms in total. The molecule has 0 aromatic heterocycles. The number of allylic oxidation sites excluding steroid dienone is 10. The molecule has 0 aliphatic carbocycles. The SMILES string of the molecule is CCCCCCC/C=C\C/C=C\C/C=C\CCCCCCCCCCCCC(=O)OC(COC(=O)CCCCCCCCCCCCC/C=C\C/C=C\CCCCCCC)COC(OCC[N+](C)(C)C)C(=O)O. The van der Waals surface area contributed by atoms with Crippen LogP contribution in [0.5, 0.6) is 0 Å². The summed E-state index contributed by atoms with van der Waals surface area (Å²) in [7, 11) is 5.97. The van der Waals surface area contributed by atoms with Crippen molar-refractivity contribution >= 4 is 17.9 Å². The smallest absolute Gasteiger partial charge is 0.361 e. The lowest BCUT2D eigenvalue weighted by Gasteiger charge is -2.25. The molecule has 0 rings (SSSR count). The number of nitrogens with zero attached hydrogens (tertiary/aromatic N) is 1. The van der Waals surface area contributed by atoms with Gasteiger partial charge < -0.3 is 28.5 Å². The molecule has 0 bridgehead atoms. The van der Waals surface area contributed by atoms with Crippen molar-refractivity contribution in [1.82, 2.24) is 0 Å². The molecule has 73 heavy (non-hydrogen) atoms. The molecule has 424 valence electrons. The van der Waals surface area contributed by atoms with Crippen LogP contribution in [-0.4, -0.2) is 87.4 Å². The highest BCUT2D eigenvalue weighted by molar-refractivity contribution is 5.71. The summed E-state index contributed by atoms with van der Waals surface area (Å²) >= 11 is 0. The monoisotopic (exact) mass is 1030 g/mol. The number of carbonyl (C=O) groups excluding carboxylic acids is 2. The Morgan fingerprint density at radius 1 is 0.411 bits per heavy atom. The number of rotatable bonds is 56. The molecular weight excluding hydrogens is 911 g/mol. The summed E-state index contributed by atoms with van der Waals surface area (Å²) in [6, 6.07) is 0. The average molecular weight is 1030 g/mol. The van der Waals surface area contributed by atoms with Crippen LogP contribution in [0.3, 0.4) is 0 Å². The highest BCUT2D eigenvalue weighted by Gasteiger charge is 2.25. The van der Waals surface area contributed by atoms with E-state index in [-0.39, 0.29) is 32.2 Å². The first-order valence-corrected chi connectivity index (χ1v) is 30.5. The number of unbranched alkanes of at least 4 members (excludes halogenated alkanes) is 31. The van der Waals surface area contributed by atoms with E-state index in [9.17, 15) is 19.5 Å². The van der Waals surface area contributed by atoms with Gasteiger partial charge >= 0.3 is 17.9 Å². The topological polar surface area (TPSA) is 108 Å². The van der Waals surface area contributed by atoms with Gasteiger partial charge in [0.05, 0.1) is 34.4 Å². The van der Waals surface area contributed by atoms with Crippen LogP contribution >= 0.6 is 0 Å². The van der Waals surface area contributed by atoms with E-state index in [2.05, 4.69) is 74.6 Å². The zero-order valence-electron chi connectivity index (χ0n) is 48.3. The van der Waals surface area contributed by atoms with Gasteiger partial charge in [0.1, 0.15) is 13.2 Å². The fraction of sp³-hybridized carbons (Fsp3) is 0.797. The summed E-state index contributed by atoms with van der Waals surface area (Å²) in [6.07, 6.45) is 67.2. The van der Waals surface area contributed by atoms with E-state index in [0.29, 0.717) is 23.9 Å². The summed E-state index contributed by atoms with van der Waals surface area (Å²) < 4.78 is 22.9. The summed E-state index contributed by atoms with van der Waals surface area (Å²) in [5, 5.41) is 9.71. The Hall–Kier alpha value is -3.01.